The zero-order valence-corrected chi connectivity index (χ0v) is 9.40. The molecule has 0 saturated heterocycles. The highest BCUT2D eigenvalue weighted by Crippen LogP contribution is 2.27. The molecule has 1 heterocycles. The number of rotatable bonds is 4. The fourth-order valence-corrected chi connectivity index (χ4v) is 1.80. The van der Waals surface area contributed by atoms with Gasteiger partial charge in [0.15, 0.2) is 0 Å². The summed E-state index contributed by atoms with van der Waals surface area (Å²) in [5.74, 6) is -1.37. The van der Waals surface area contributed by atoms with E-state index in [1.807, 2.05) is 0 Å². The number of aliphatic carboxylic acids is 1. The summed E-state index contributed by atoms with van der Waals surface area (Å²) in [5.41, 5.74) is -0.361. The van der Waals surface area contributed by atoms with Crippen LogP contribution in [-0.2, 0) is 17.1 Å². The number of hydrogen-bond acceptors (Lipinski definition) is 2. The predicted octanol–water partition coefficient (Wildman–Crippen LogP) is 3.04. The van der Waals surface area contributed by atoms with Crippen molar-refractivity contribution in [3.05, 3.63) is 28.0 Å². The predicted molar refractivity (Wildman–Crippen MR) is 55.1 cm³/mol. The third-order valence-corrected chi connectivity index (χ3v) is 2.36. The van der Waals surface area contributed by atoms with Gasteiger partial charge in [0.05, 0.1) is 6.42 Å². The number of hydrogen-bond donors (Lipinski definition) is 1. The molecule has 1 rings (SSSR count). The maximum Gasteiger partial charge on any atom is 0.307 e. The van der Waals surface area contributed by atoms with Crippen LogP contribution in [0, 0.1) is 0 Å². The number of halogens is 4. The van der Waals surface area contributed by atoms with Crippen molar-refractivity contribution in [2.45, 2.75) is 18.7 Å². The minimum Gasteiger partial charge on any atom is -0.481 e. The topological polar surface area (TPSA) is 50.2 Å². The molecule has 0 fully saturated rings. The van der Waals surface area contributed by atoms with E-state index >= 15 is 0 Å². The first kappa shape index (κ1) is 13.1. The van der Waals surface area contributed by atoms with Crippen LogP contribution in [0.2, 0.25) is 5.15 Å². The molecule has 1 aromatic rings. The average Bonchev–Trinajstić information content (AvgIpc) is 2.15. The van der Waals surface area contributed by atoms with Crippen molar-refractivity contribution in [1.82, 2.24) is 4.98 Å². The minimum absolute atomic E-state index is 0.0310. The molecule has 0 bridgehead atoms. The maximum atomic E-state index is 12.6. The molecule has 88 valence electrons. The summed E-state index contributed by atoms with van der Waals surface area (Å²) in [4.78, 5) is 14.0. The van der Waals surface area contributed by atoms with E-state index in [2.05, 4.69) is 4.98 Å². The first-order chi connectivity index (χ1) is 7.45. The highest BCUT2D eigenvalue weighted by atomic mass is 35.5. The molecule has 16 heavy (non-hydrogen) atoms. The number of alkyl halides is 3. The molecule has 0 radical (unpaired) electrons. The van der Waals surface area contributed by atoms with Gasteiger partial charge in [0.1, 0.15) is 10.8 Å². The van der Waals surface area contributed by atoms with Gasteiger partial charge in [-0.3, -0.25) is 4.79 Å². The fourth-order valence-electron chi connectivity index (χ4n) is 1.27. The van der Waals surface area contributed by atoms with E-state index in [0.29, 0.717) is 0 Å². The molecule has 0 aliphatic carbocycles. The number of pyridine rings is 1. The molecule has 3 nitrogen and oxygen atoms in total. The van der Waals surface area contributed by atoms with Crippen LogP contribution < -0.4 is 0 Å². The van der Waals surface area contributed by atoms with Gasteiger partial charge in [-0.25, -0.2) is 13.8 Å². The van der Waals surface area contributed by atoms with E-state index < -0.39 is 24.5 Å². The van der Waals surface area contributed by atoms with Gasteiger partial charge in [-0.1, -0.05) is 11.6 Å². The molecular weight excluding hydrogens is 263 g/mol. The summed E-state index contributed by atoms with van der Waals surface area (Å²) >= 11 is 11.0. The second-order valence-corrected chi connectivity index (χ2v) is 3.63. The van der Waals surface area contributed by atoms with Gasteiger partial charge in [0, 0.05) is 5.88 Å². The van der Waals surface area contributed by atoms with Crippen LogP contribution in [0.15, 0.2) is 6.07 Å². The highest BCUT2D eigenvalue weighted by Gasteiger charge is 2.20. The van der Waals surface area contributed by atoms with Gasteiger partial charge < -0.3 is 5.11 Å². The van der Waals surface area contributed by atoms with Crippen LogP contribution in [0.4, 0.5) is 8.78 Å². The van der Waals surface area contributed by atoms with Crippen molar-refractivity contribution < 1.29 is 18.7 Å². The Balaban J connectivity index is 3.29. The Kier molecular flexibility index (Phi) is 4.44. The Morgan fingerprint density at radius 3 is 2.62 bits per heavy atom. The van der Waals surface area contributed by atoms with Crippen LogP contribution in [0.3, 0.4) is 0 Å². The summed E-state index contributed by atoms with van der Waals surface area (Å²) in [6.07, 6.45) is -3.25. The largest absolute Gasteiger partial charge is 0.481 e. The molecule has 1 N–H and O–H groups in total. The monoisotopic (exact) mass is 269 g/mol. The van der Waals surface area contributed by atoms with Gasteiger partial charge in [0.2, 0.25) is 0 Å². The smallest absolute Gasteiger partial charge is 0.307 e. The van der Waals surface area contributed by atoms with Crippen molar-refractivity contribution in [3.8, 4) is 0 Å². The second-order valence-electron chi connectivity index (χ2n) is 2.97. The molecular formula is C9H7Cl2F2NO2. The van der Waals surface area contributed by atoms with Gasteiger partial charge in [-0.2, -0.15) is 0 Å². The first-order valence-corrected chi connectivity index (χ1v) is 5.11. The van der Waals surface area contributed by atoms with Crippen LogP contribution in [0.25, 0.3) is 0 Å². The molecule has 1 aromatic heterocycles. The Bertz CT molecular complexity index is 413. The number of aromatic nitrogens is 1. The molecule has 0 aliphatic rings. The standard InChI is InChI=1S/C9H7Cl2F2NO2/c10-3-5-4(2-7(15)16)1-6(11)14-8(5)9(12)13/h1,9H,2-3H2,(H,15,16). The molecule has 0 spiro atoms. The zero-order chi connectivity index (χ0) is 12.3. The molecule has 7 heteroatoms. The molecule has 0 amide bonds. The molecule has 0 unspecified atom stereocenters. The quantitative estimate of drug-likeness (QED) is 0.675. The van der Waals surface area contributed by atoms with Gasteiger partial charge in [-0.15, -0.1) is 11.6 Å². The summed E-state index contributed by atoms with van der Waals surface area (Å²) < 4.78 is 25.2. The van der Waals surface area contributed by atoms with Crippen molar-refractivity contribution >= 4 is 29.2 Å². The third kappa shape index (κ3) is 3.02. The Hall–Kier alpha value is -0.940. The SMILES string of the molecule is O=C(O)Cc1cc(Cl)nc(C(F)F)c1CCl. The van der Waals surface area contributed by atoms with E-state index in [1.54, 1.807) is 0 Å². The maximum absolute atomic E-state index is 12.6. The minimum atomic E-state index is -2.83. The normalized spacial score (nSPS) is 10.8. The average molecular weight is 270 g/mol. The lowest BCUT2D eigenvalue weighted by atomic mass is 10.1. The molecule has 0 aliphatic heterocycles. The summed E-state index contributed by atoms with van der Waals surface area (Å²) in [5, 5.41) is 8.45. The van der Waals surface area contributed by atoms with Crippen LogP contribution in [-0.4, -0.2) is 16.1 Å². The first-order valence-electron chi connectivity index (χ1n) is 4.19. The lowest BCUT2D eigenvalue weighted by Gasteiger charge is -2.10. The van der Waals surface area contributed by atoms with Crippen molar-refractivity contribution in [3.63, 3.8) is 0 Å². The number of carbonyl (C=O) groups is 1. The summed E-state index contributed by atoms with van der Waals surface area (Å²) in [6.45, 7) is 0. The van der Waals surface area contributed by atoms with E-state index in [9.17, 15) is 13.6 Å². The zero-order valence-electron chi connectivity index (χ0n) is 7.88. The lowest BCUT2D eigenvalue weighted by Crippen LogP contribution is -2.07. The van der Waals surface area contributed by atoms with Crippen LogP contribution in [0.5, 0.6) is 0 Å². The van der Waals surface area contributed by atoms with E-state index in [-0.39, 0.29) is 22.2 Å². The molecule has 0 aromatic carbocycles. The third-order valence-electron chi connectivity index (χ3n) is 1.90. The fraction of sp³-hybridized carbons (Fsp3) is 0.333. The number of carboxylic acid groups (broad SMARTS) is 1. The number of carboxylic acids is 1. The van der Waals surface area contributed by atoms with E-state index in [0.717, 1.165) is 0 Å². The molecule has 0 atom stereocenters. The summed E-state index contributed by atoms with van der Waals surface area (Å²) in [7, 11) is 0. The van der Waals surface area contributed by atoms with Crippen molar-refractivity contribution in [2.24, 2.45) is 0 Å². The Labute approximate surface area is 100 Å². The van der Waals surface area contributed by atoms with E-state index in [1.165, 1.54) is 6.07 Å². The summed E-state index contributed by atoms with van der Waals surface area (Å²) in [6, 6.07) is 1.24. The van der Waals surface area contributed by atoms with Gasteiger partial charge in [0.25, 0.3) is 6.43 Å². The Morgan fingerprint density at radius 2 is 2.19 bits per heavy atom. The van der Waals surface area contributed by atoms with Gasteiger partial charge >= 0.3 is 5.97 Å². The van der Waals surface area contributed by atoms with E-state index in [4.69, 9.17) is 28.3 Å². The van der Waals surface area contributed by atoms with Crippen molar-refractivity contribution in [2.75, 3.05) is 0 Å². The lowest BCUT2D eigenvalue weighted by molar-refractivity contribution is -0.136. The van der Waals surface area contributed by atoms with Crippen LogP contribution in [0.1, 0.15) is 23.2 Å². The van der Waals surface area contributed by atoms with Gasteiger partial charge in [-0.05, 0) is 17.2 Å². The van der Waals surface area contributed by atoms with Crippen LogP contribution >= 0.6 is 23.2 Å². The Morgan fingerprint density at radius 1 is 1.56 bits per heavy atom. The highest BCUT2D eigenvalue weighted by molar-refractivity contribution is 6.29. The second kappa shape index (κ2) is 5.41. The number of nitrogens with zero attached hydrogens (tertiary/aromatic N) is 1. The van der Waals surface area contributed by atoms with Crippen molar-refractivity contribution in [1.29, 1.82) is 0 Å². The molecule has 0 saturated carbocycles.